The van der Waals surface area contributed by atoms with E-state index in [0.717, 1.165) is 89.9 Å². The zero-order chi connectivity index (χ0) is 96.9. The SMILES string of the molecule is CCCCCCCCCCCCCCCC(=O)O.CCCCCCCCCCCCCCCC(=O)OCC(=O)COC(=O)CCCCCCCCCCCCCCC.CCCCCCCCCCCCCCCC(=O)OCC(O)COC(=O)CCCCCCCCCCCCCCC.CCCCCCCCCCCCCCCC(=O)OCl.CCl.O=C(CO)CO.O=S(Cl)Cl.[B].[H-].[Na+]. The molecule has 0 aromatic heterocycles. The minimum Gasteiger partial charge on any atom is -1.00 e. The number of carbonyl (C=O) groups excluding carboxylic acids is 7. The number of ether oxygens (including phenoxy) is 4. The fraction of sp³-hybridized carbons (Fsp3) is 0.925. The number of ketones is 2. The molecule has 0 amide bonds. The number of halogens is 4. The van der Waals surface area contributed by atoms with Gasteiger partial charge < -0.3 is 45.1 Å². The molecule has 0 heterocycles. The Morgan fingerprint density at radius 3 is 0.534 bits per heavy atom. The Labute approximate surface area is 853 Å². The number of rotatable bonds is 94. The third-order valence-corrected chi connectivity index (χ3v) is 23.2. The number of unbranched alkanes of at least 4 members (excludes halogenated alkanes) is 72. The van der Waals surface area contributed by atoms with E-state index >= 15 is 0 Å². The molecule has 18 nitrogen and oxygen atoms in total. The van der Waals surface area contributed by atoms with Gasteiger partial charge in [0.25, 0.3) is 0 Å². The van der Waals surface area contributed by atoms with Crippen molar-refractivity contribution in [3.05, 3.63) is 0 Å². The van der Waals surface area contributed by atoms with Crippen molar-refractivity contribution in [1.29, 1.82) is 0 Å². The summed E-state index contributed by atoms with van der Waals surface area (Å²) in [7, 11) is 7.36. The maximum Gasteiger partial charge on any atom is 1.00 e. The Morgan fingerprint density at radius 1 is 0.260 bits per heavy atom. The summed E-state index contributed by atoms with van der Waals surface area (Å²) in [5.41, 5.74) is 0. The average Bonchev–Trinajstić information content (AvgIpc) is 0.990. The van der Waals surface area contributed by atoms with E-state index in [9.17, 15) is 43.5 Å². The van der Waals surface area contributed by atoms with Crippen LogP contribution in [0.5, 0.6) is 0 Å². The van der Waals surface area contributed by atoms with Gasteiger partial charge in [0.15, 0.2) is 19.0 Å². The molecule has 777 valence electrons. The second-order valence-electron chi connectivity index (χ2n) is 35.7. The van der Waals surface area contributed by atoms with Gasteiger partial charge in [0.2, 0.25) is 15.0 Å². The normalized spacial score (nSPS) is 10.5. The monoisotopic (exact) mass is 1970 g/mol. The molecule has 3 radical (unpaired) electrons. The number of aliphatic carboxylic acids is 1. The van der Waals surface area contributed by atoms with E-state index in [1.807, 2.05) is 0 Å². The minimum absolute atomic E-state index is 0. The first kappa shape index (κ1) is 147. The number of carboxylic acids is 1. The van der Waals surface area contributed by atoms with Gasteiger partial charge in [-0.3, -0.25) is 38.4 Å². The molecular weight excluding hydrogens is 1770 g/mol. The van der Waals surface area contributed by atoms with Gasteiger partial charge in [-0.2, -0.15) is 0 Å². The number of aliphatic hydroxyl groups is 3. The van der Waals surface area contributed by atoms with E-state index in [1.165, 1.54) is 417 Å². The van der Waals surface area contributed by atoms with Crippen LogP contribution < -0.4 is 29.6 Å². The van der Waals surface area contributed by atoms with Crippen LogP contribution in [0.2, 0.25) is 0 Å². The predicted molar refractivity (Wildman–Crippen MR) is 554 cm³/mol. The number of alkyl halides is 1. The topological polar surface area (TPSA) is 281 Å². The Kier molecular flexibility index (Phi) is 154. The van der Waals surface area contributed by atoms with Crippen molar-refractivity contribution in [2.24, 2.45) is 0 Å². The predicted octanol–water partition coefficient (Wildman–Crippen LogP) is 29.9. The Morgan fingerprint density at radius 2 is 0.397 bits per heavy atom. The zero-order valence-electron chi connectivity index (χ0n) is 87.2. The van der Waals surface area contributed by atoms with Crippen LogP contribution >= 0.6 is 44.8 Å². The van der Waals surface area contributed by atoms with Crippen molar-refractivity contribution in [1.82, 2.24) is 0 Å². The Balaban J connectivity index is -0.000000187. The summed E-state index contributed by atoms with van der Waals surface area (Å²) in [5, 5.41) is 34.1. The van der Waals surface area contributed by atoms with Crippen LogP contribution in [0.15, 0.2) is 0 Å². The molecule has 4 N–H and O–H groups in total. The summed E-state index contributed by atoms with van der Waals surface area (Å²) < 4.78 is 33.6. The summed E-state index contributed by atoms with van der Waals surface area (Å²) in [5.74, 6) is -3.10. The first-order chi connectivity index (χ1) is 62.8. The van der Waals surface area contributed by atoms with Crippen molar-refractivity contribution < 1.29 is 117 Å². The molecule has 0 atom stereocenters. The summed E-state index contributed by atoms with van der Waals surface area (Å²) in [4.78, 5) is 90.1. The van der Waals surface area contributed by atoms with Gasteiger partial charge in [-0.15, -0.1) is 11.6 Å². The molecular formula is C106H207BCl4NaO18S. The van der Waals surface area contributed by atoms with Gasteiger partial charge in [-0.25, -0.2) is 4.21 Å². The van der Waals surface area contributed by atoms with Crippen molar-refractivity contribution in [2.75, 3.05) is 46.0 Å². The van der Waals surface area contributed by atoms with Gasteiger partial charge in [-0.1, -0.05) is 504 Å². The summed E-state index contributed by atoms with van der Waals surface area (Å²) >= 11 is 9.59. The van der Waals surface area contributed by atoms with Crippen molar-refractivity contribution >= 4 is 110 Å². The van der Waals surface area contributed by atoms with Crippen molar-refractivity contribution in [2.45, 2.75) is 587 Å². The second-order valence-corrected chi connectivity index (χ2v) is 38.4. The van der Waals surface area contributed by atoms with Crippen LogP contribution in [0.1, 0.15) is 582 Å². The van der Waals surface area contributed by atoms with Crippen molar-refractivity contribution in [3.63, 3.8) is 0 Å². The van der Waals surface area contributed by atoms with Crippen LogP contribution in [0, 0.1) is 0 Å². The molecule has 0 aromatic carbocycles. The van der Waals surface area contributed by atoms with Crippen LogP contribution in [0.3, 0.4) is 0 Å². The first-order valence-electron chi connectivity index (χ1n) is 53.5. The van der Waals surface area contributed by atoms with Crippen LogP contribution in [-0.4, -0.2) is 133 Å². The molecule has 0 unspecified atom stereocenters. The van der Waals surface area contributed by atoms with Crippen molar-refractivity contribution in [3.8, 4) is 0 Å². The molecule has 0 aliphatic carbocycles. The number of hydrogen-bond donors (Lipinski definition) is 4. The third-order valence-electron chi connectivity index (χ3n) is 23.0. The summed E-state index contributed by atoms with van der Waals surface area (Å²) in [6.07, 6.45) is 103. The maximum absolute atomic E-state index is 11.9. The summed E-state index contributed by atoms with van der Waals surface area (Å²) in [6.45, 7) is 11.6. The van der Waals surface area contributed by atoms with Crippen LogP contribution in [-0.2, 0) is 70.8 Å². The molecule has 0 saturated heterocycles. The minimum atomic E-state index is -1.67. The quantitative estimate of drug-likeness (QED) is 0.0110. The molecule has 0 aromatic rings. The number of hydrogen-bond acceptors (Lipinski definition) is 17. The maximum atomic E-state index is 11.9. The first-order valence-corrected chi connectivity index (χ1v) is 57.4. The number of aliphatic hydroxyl groups excluding tert-OH is 3. The molecule has 0 bridgehead atoms. The van der Waals surface area contributed by atoms with Gasteiger partial charge in [0.1, 0.15) is 44.4 Å². The molecule has 0 rings (SSSR count). The fourth-order valence-electron chi connectivity index (χ4n) is 14.9. The van der Waals surface area contributed by atoms with E-state index in [1.54, 1.807) is 0 Å². The van der Waals surface area contributed by atoms with E-state index in [4.69, 9.17) is 50.3 Å². The largest absolute Gasteiger partial charge is 1.00 e. The van der Waals surface area contributed by atoms with E-state index < -0.39 is 40.3 Å². The van der Waals surface area contributed by atoms with Gasteiger partial charge in [-0.05, 0) is 38.5 Å². The molecule has 131 heavy (non-hydrogen) atoms. The molecule has 0 aliphatic rings. The molecule has 0 spiro atoms. The van der Waals surface area contributed by atoms with Gasteiger partial charge in [0.05, 0.1) is 0 Å². The number of carboxylic acid groups (broad SMARTS) is 1. The smallest absolute Gasteiger partial charge is 1.00 e. The van der Waals surface area contributed by atoms with Gasteiger partial charge in [0, 0.05) is 74.7 Å². The molecule has 25 heteroatoms. The average molecular weight is 1980 g/mol. The number of esters is 4. The third kappa shape index (κ3) is 157. The Hall–Kier alpha value is -1.59. The van der Waals surface area contributed by atoms with Gasteiger partial charge >= 0.3 is 65.4 Å². The standard InChI is InChI=1S/C35H68O5.C35H66O5.C16H31ClO2.C16H32O2.C3H6O3.CH3Cl.B.Cl2OS.Na.H/c2*1-3-5-7-9-11-13-15-17-19-21-23-25-27-29-34(37)39-31-33(36)32-40-35(38)30-28-26-24-22-20-18-16-14-12-10-8-6-4-2;1-2-3-4-5-6-7-8-9-10-11-12-13-14-15-16(18)19-17;1-2-3-4-5-6-7-8-9-10-11-12-13-14-15-16(17)18;4-1-3(6)2-5;1-2;;1-4(2)3;;/h33,36H,3-32H2,1-2H3;3-32H2,1-2H3;2-15H2,1H3;2-15H2,1H3,(H,17,18);4-5H,1-2H2;1H3;;;;/q;;;;;;;;+1;-1. The second kappa shape index (κ2) is 137. The van der Waals surface area contributed by atoms with E-state index in [0.29, 0.717) is 38.5 Å². The van der Waals surface area contributed by atoms with E-state index in [-0.39, 0.29) is 101 Å². The van der Waals surface area contributed by atoms with Crippen LogP contribution in [0.25, 0.3) is 0 Å². The molecule has 0 saturated carbocycles. The zero-order valence-corrected chi connectivity index (χ0v) is 92.1. The fourth-order valence-corrected chi connectivity index (χ4v) is 15.0. The van der Waals surface area contributed by atoms with Crippen LogP contribution in [0.4, 0.5) is 0 Å². The van der Waals surface area contributed by atoms with E-state index in [2.05, 4.69) is 78.8 Å². The Bertz CT molecular complexity index is 2200. The molecule has 0 fully saturated rings. The number of carbonyl (C=O) groups is 8. The molecule has 0 aliphatic heterocycles. The summed E-state index contributed by atoms with van der Waals surface area (Å²) in [6, 6.07) is 0. The number of Topliss-reactive ketones (excluding diaryl/α,β-unsaturated/α-hetero) is 2.